The molecule has 1 amide bonds. The Morgan fingerprint density at radius 3 is 2.24 bits per heavy atom. The summed E-state index contributed by atoms with van der Waals surface area (Å²) < 4.78 is 40.9. The molecule has 0 aliphatic rings. The van der Waals surface area contributed by atoms with Crippen LogP contribution in [-0.4, -0.2) is 31.7 Å². The van der Waals surface area contributed by atoms with E-state index in [0.717, 1.165) is 16.7 Å². The van der Waals surface area contributed by atoms with E-state index in [9.17, 15) is 13.2 Å². The summed E-state index contributed by atoms with van der Waals surface area (Å²) in [4.78, 5) is 17.3. The van der Waals surface area contributed by atoms with Gasteiger partial charge in [0.25, 0.3) is 0 Å². The van der Waals surface area contributed by atoms with Crippen molar-refractivity contribution in [3.63, 3.8) is 0 Å². The average molecular weight is 594 g/mol. The van der Waals surface area contributed by atoms with Gasteiger partial charge in [-0.2, -0.15) is 0 Å². The monoisotopic (exact) mass is 593 g/mol. The van der Waals surface area contributed by atoms with Crippen molar-refractivity contribution in [2.75, 3.05) is 11.9 Å². The van der Waals surface area contributed by atoms with Crippen LogP contribution >= 0.6 is 11.3 Å². The molecule has 0 saturated heterocycles. The van der Waals surface area contributed by atoms with E-state index in [1.165, 1.54) is 11.3 Å². The second-order valence-electron chi connectivity index (χ2n) is 10.5. The summed E-state index contributed by atoms with van der Waals surface area (Å²) >= 11 is 1.19. The maximum atomic E-state index is 13.4. The molecule has 41 heavy (non-hydrogen) atoms. The predicted octanol–water partition coefficient (Wildman–Crippen LogP) is 6.46. The van der Waals surface area contributed by atoms with Crippen molar-refractivity contribution in [2.24, 2.45) is 0 Å². The van der Waals surface area contributed by atoms with Gasteiger partial charge < -0.3 is 9.47 Å². The Morgan fingerprint density at radius 2 is 1.56 bits per heavy atom. The second kappa shape index (κ2) is 13.9. The van der Waals surface area contributed by atoms with Gasteiger partial charge in [0.1, 0.15) is 5.60 Å². The van der Waals surface area contributed by atoms with Gasteiger partial charge >= 0.3 is 6.09 Å². The van der Waals surface area contributed by atoms with Crippen molar-refractivity contribution in [1.82, 2.24) is 9.71 Å². The number of carbonyl (C=O) groups excluding carboxylic acids is 1. The molecule has 0 bridgehead atoms. The van der Waals surface area contributed by atoms with Gasteiger partial charge in [0.2, 0.25) is 10.0 Å². The number of hydrogen-bond donors (Lipinski definition) is 2. The first kappa shape index (κ1) is 30.4. The highest BCUT2D eigenvalue weighted by atomic mass is 32.2. The van der Waals surface area contributed by atoms with Crippen LogP contribution in [0.2, 0.25) is 0 Å². The standard InChI is InChI=1S/C31H35N3O5S2/c1-31(2,3)39-30(35)33-29-32-20-27(40-29)28(34-41(36,37)22-24-14-8-5-9-15-24)26-17-11-10-16-25(26)18-19-38-21-23-12-6-4-7-13-23/h4-17,20,28,34H,18-19,21-22H2,1-3H3,(H,32,33,35)/t28-/m0/s1. The van der Waals surface area contributed by atoms with Crippen molar-refractivity contribution < 1.29 is 22.7 Å². The Kier molecular flexibility index (Phi) is 10.3. The summed E-state index contributed by atoms with van der Waals surface area (Å²) in [7, 11) is -3.76. The quantitative estimate of drug-likeness (QED) is 0.183. The van der Waals surface area contributed by atoms with E-state index in [4.69, 9.17) is 9.47 Å². The molecular weight excluding hydrogens is 558 g/mol. The van der Waals surface area contributed by atoms with E-state index in [1.807, 2.05) is 72.8 Å². The Hall–Kier alpha value is -3.57. The number of anilines is 1. The largest absolute Gasteiger partial charge is 0.444 e. The van der Waals surface area contributed by atoms with Crippen molar-refractivity contribution in [3.8, 4) is 0 Å². The number of rotatable bonds is 12. The smallest absolute Gasteiger partial charge is 0.413 e. The molecule has 0 fully saturated rings. The minimum Gasteiger partial charge on any atom is -0.444 e. The van der Waals surface area contributed by atoms with E-state index in [-0.39, 0.29) is 5.75 Å². The highest BCUT2D eigenvalue weighted by Crippen LogP contribution is 2.33. The van der Waals surface area contributed by atoms with E-state index in [1.54, 1.807) is 39.1 Å². The van der Waals surface area contributed by atoms with E-state index in [0.29, 0.717) is 35.2 Å². The number of nitrogens with one attached hydrogen (secondary N) is 2. The van der Waals surface area contributed by atoms with Gasteiger partial charge in [0.15, 0.2) is 5.13 Å². The first-order chi connectivity index (χ1) is 19.6. The summed E-state index contributed by atoms with van der Waals surface area (Å²) in [5.41, 5.74) is 2.84. The number of aromatic nitrogens is 1. The lowest BCUT2D eigenvalue weighted by Gasteiger charge is -2.21. The third kappa shape index (κ3) is 9.79. The van der Waals surface area contributed by atoms with E-state index in [2.05, 4.69) is 15.0 Å². The van der Waals surface area contributed by atoms with Crippen LogP contribution in [0.5, 0.6) is 0 Å². The molecule has 2 N–H and O–H groups in total. The third-order valence-corrected chi connectivity index (χ3v) is 8.19. The van der Waals surface area contributed by atoms with Gasteiger partial charge in [-0.25, -0.2) is 22.9 Å². The van der Waals surface area contributed by atoms with Crippen LogP contribution in [-0.2, 0) is 38.3 Å². The summed E-state index contributed by atoms with van der Waals surface area (Å²) in [5.74, 6) is -0.172. The number of nitrogens with zero attached hydrogens (tertiary/aromatic N) is 1. The molecular formula is C31H35N3O5S2. The molecule has 0 saturated carbocycles. The Balaban J connectivity index is 1.57. The fraction of sp³-hybridized carbons (Fsp3) is 0.290. The molecule has 4 aromatic rings. The van der Waals surface area contributed by atoms with Gasteiger partial charge in [-0.05, 0) is 49.4 Å². The lowest BCUT2D eigenvalue weighted by molar-refractivity contribution is 0.0636. The minimum absolute atomic E-state index is 0.172. The molecule has 1 heterocycles. The van der Waals surface area contributed by atoms with Crippen LogP contribution in [0.15, 0.2) is 91.1 Å². The number of carbonyl (C=O) groups is 1. The first-order valence-corrected chi connectivity index (χ1v) is 15.7. The number of thiazole rings is 1. The van der Waals surface area contributed by atoms with Gasteiger partial charge in [-0.3, -0.25) is 5.32 Å². The molecule has 0 spiro atoms. The van der Waals surface area contributed by atoms with Gasteiger partial charge in [0, 0.05) is 11.1 Å². The number of ether oxygens (including phenoxy) is 2. The molecule has 0 aliphatic carbocycles. The average Bonchev–Trinajstić information content (AvgIpc) is 3.38. The fourth-order valence-corrected chi connectivity index (χ4v) is 6.42. The fourth-order valence-electron chi connectivity index (χ4n) is 4.15. The Labute approximate surface area is 245 Å². The second-order valence-corrected chi connectivity index (χ2v) is 13.3. The SMILES string of the molecule is CC(C)(C)OC(=O)Nc1ncc([C@@H](NS(=O)(=O)Cc2ccccc2)c2ccccc2CCOCc2ccccc2)s1. The van der Waals surface area contributed by atoms with Crippen LogP contribution in [0.25, 0.3) is 0 Å². The molecule has 216 valence electrons. The minimum atomic E-state index is -3.76. The number of sulfonamides is 1. The topological polar surface area (TPSA) is 107 Å². The van der Waals surface area contributed by atoms with Crippen molar-refractivity contribution >= 4 is 32.6 Å². The zero-order valence-electron chi connectivity index (χ0n) is 23.4. The lowest BCUT2D eigenvalue weighted by atomic mass is 9.98. The highest BCUT2D eigenvalue weighted by Gasteiger charge is 2.26. The molecule has 0 unspecified atom stereocenters. The molecule has 8 nitrogen and oxygen atoms in total. The van der Waals surface area contributed by atoms with Gasteiger partial charge in [-0.1, -0.05) is 96.3 Å². The van der Waals surface area contributed by atoms with Gasteiger partial charge in [0.05, 0.1) is 25.0 Å². The van der Waals surface area contributed by atoms with Crippen LogP contribution in [0.4, 0.5) is 9.93 Å². The van der Waals surface area contributed by atoms with E-state index >= 15 is 0 Å². The summed E-state index contributed by atoms with van der Waals surface area (Å²) in [6.45, 7) is 6.28. The zero-order chi connectivity index (χ0) is 29.3. The Bertz CT molecular complexity index is 1520. The summed E-state index contributed by atoms with van der Waals surface area (Å²) in [6, 6.07) is 25.9. The maximum absolute atomic E-state index is 13.4. The summed E-state index contributed by atoms with van der Waals surface area (Å²) in [5, 5.41) is 2.96. The molecule has 10 heteroatoms. The number of hydrogen-bond acceptors (Lipinski definition) is 7. The van der Waals surface area contributed by atoms with Gasteiger partial charge in [-0.15, -0.1) is 0 Å². The predicted molar refractivity (Wildman–Crippen MR) is 162 cm³/mol. The zero-order valence-corrected chi connectivity index (χ0v) is 25.0. The van der Waals surface area contributed by atoms with Crippen LogP contribution in [0.3, 0.4) is 0 Å². The lowest BCUT2D eigenvalue weighted by Crippen LogP contribution is -2.30. The molecule has 1 aromatic heterocycles. The third-order valence-electron chi connectivity index (χ3n) is 5.91. The van der Waals surface area contributed by atoms with Crippen molar-refractivity contribution in [1.29, 1.82) is 0 Å². The van der Waals surface area contributed by atoms with E-state index < -0.39 is 27.8 Å². The first-order valence-electron chi connectivity index (χ1n) is 13.3. The molecule has 4 rings (SSSR count). The maximum Gasteiger partial charge on any atom is 0.413 e. The highest BCUT2D eigenvalue weighted by molar-refractivity contribution is 7.88. The van der Waals surface area contributed by atoms with Crippen LogP contribution < -0.4 is 10.0 Å². The van der Waals surface area contributed by atoms with Crippen LogP contribution in [0, 0.1) is 0 Å². The molecule has 0 aliphatic heterocycles. The van der Waals surface area contributed by atoms with Crippen molar-refractivity contribution in [2.45, 2.75) is 51.2 Å². The molecule has 0 radical (unpaired) electrons. The normalized spacial score (nSPS) is 12.6. The summed E-state index contributed by atoms with van der Waals surface area (Å²) in [6.07, 6.45) is 1.54. The molecule has 1 atom stereocenters. The number of amides is 1. The van der Waals surface area contributed by atoms with Crippen molar-refractivity contribution in [3.05, 3.63) is 118 Å². The molecule has 3 aromatic carbocycles. The Morgan fingerprint density at radius 1 is 0.927 bits per heavy atom. The van der Waals surface area contributed by atoms with Crippen LogP contribution in [0.1, 0.15) is 53.9 Å². The number of benzene rings is 3.